The number of hydrogen-bond acceptors (Lipinski definition) is 6. The van der Waals surface area contributed by atoms with Crippen molar-refractivity contribution in [1.82, 2.24) is 4.90 Å². The number of Topliss-reactive ketones (excluding diaryl/α,β-unsaturated/α-hetero) is 1. The molecule has 1 atom stereocenters. The summed E-state index contributed by atoms with van der Waals surface area (Å²) in [6, 6.07) is 22.1. The predicted octanol–water partition coefficient (Wildman–Crippen LogP) is 4.93. The van der Waals surface area contributed by atoms with Crippen molar-refractivity contribution in [1.29, 1.82) is 0 Å². The molecule has 1 fully saturated rings. The van der Waals surface area contributed by atoms with Crippen LogP contribution in [0.15, 0.2) is 84.4 Å². The molecular weight excluding hydrogens is 470 g/mol. The Morgan fingerprint density at radius 3 is 2.19 bits per heavy atom. The molecule has 1 heterocycles. The molecule has 3 aromatic carbocycles. The van der Waals surface area contributed by atoms with Gasteiger partial charge in [-0.15, -0.1) is 0 Å². The molecule has 37 heavy (non-hydrogen) atoms. The zero-order chi connectivity index (χ0) is 26.4. The number of ketones is 1. The van der Waals surface area contributed by atoms with Crippen LogP contribution in [-0.4, -0.2) is 47.9 Å². The molecule has 1 unspecified atom stereocenters. The minimum absolute atomic E-state index is 0.00565. The lowest BCUT2D eigenvalue weighted by atomic mass is 9.94. The number of benzene rings is 3. The van der Waals surface area contributed by atoms with Gasteiger partial charge in [0.15, 0.2) is 0 Å². The van der Waals surface area contributed by atoms with Crippen molar-refractivity contribution in [2.24, 2.45) is 0 Å². The van der Waals surface area contributed by atoms with Crippen LogP contribution in [0.25, 0.3) is 5.76 Å². The summed E-state index contributed by atoms with van der Waals surface area (Å²) >= 11 is 0. The van der Waals surface area contributed by atoms with Crippen LogP contribution in [-0.2, 0) is 20.7 Å². The number of methoxy groups -OCH3 is 1. The van der Waals surface area contributed by atoms with Crippen molar-refractivity contribution >= 4 is 23.4 Å². The third kappa shape index (κ3) is 5.56. The Kier molecular flexibility index (Phi) is 8.03. The fraction of sp³-hybridized carbons (Fsp3) is 0.233. The topological polar surface area (TPSA) is 93.1 Å². The van der Waals surface area contributed by atoms with Gasteiger partial charge in [-0.1, -0.05) is 49.4 Å². The van der Waals surface area contributed by atoms with Crippen molar-refractivity contribution in [3.05, 3.63) is 107 Å². The second-order valence-corrected chi connectivity index (χ2v) is 8.71. The molecule has 0 radical (unpaired) electrons. The summed E-state index contributed by atoms with van der Waals surface area (Å²) in [5, 5.41) is 11.3. The lowest BCUT2D eigenvalue weighted by Gasteiger charge is -2.25. The van der Waals surface area contributed by atoms with Crippen molar-refractivity contribution in [2.75, 3.05) is 20.3 Å². The minimum Gasteiger partial charge on any atom is -0.507 e. The zero-order valence-electron chi connectivity index (χ0n) is 20.8. The second-order valence-electron chi connectivity index (χ2n) is 8.71. The molecule has 1 saturated heterocycles. The molecular formula is C30H29NO6. The molecule has 4 rings (SSSR count). The van der Waals surface area contributed by atoms with Gasteiger partial charge in [-0.3, -0.25) is 9.59 Å². The maximum absolute atomic E-state index is 13.2. The number of likely N-dealkylation sites (tertiary alicyclic amines) is 1. The fourth-order valence-electron chi connectivity index (χ4n) is 4.36. The third-order valence-corrected chi connectivity index (χ3v) is 6.27. The molecule has 1 N–H and O–H groups in total. The summed E-state index contributed by atoms with van der Waals surface area (Å²) in [5.41, 5.74) is 2.37. The molecule has 0 aliphatic carbocycles. The van der Waals surface area contributed by atoms with Gasteiger partial charge in [-0.05, 0) is 60.4 Å². The molecule has 0 bridgehead atoms. The van der Waals surface area contributed by atoms with Crippen LogP contribution in [0.5, 0.6) is 5.75 Å². The maximum atomic E-state index is 13.2. The standard InChI is InChI=1S/C30H29NO6/c1-3-19-37-24-15-13-22(14-16-24)27(32)25-26(21-9-11-23(12-10-21)30(35)36-2)31(29(34)28(25)33)18-17-20-7-5-4-6-8-20/h4-16,26,32H,3,17-19H2,1-2H3/b27-25+. The first-order chi connectivity index (χ1) is 17.9. The summed E-state index contributed by atoms with van der Waals surface area (Å²) in [7, 11) is 1.30. The number of ether oxygens (including phenoxy) is 2. The third-order valence-electron chi connectivity index (χ3n) is 6.27. The quantitative estimate of drug-likeness (QED) is 0.194. The summed E-state index contributed by atoms with van der Waals surface area (Å²) in [6.45, 7) is 2.85. The highest BCUT2D eigenvalue weighted by Crippen LogP contribution is 2.39. The fourth-order valence-corrected chi connectivity index (χ4v) is 4.36. The van der Waals surface area contributed by atoms with Gasteiger partial charge >= 0.3 is 5.97 Å². The highest BCUT2D eigenvalue weighted by Gasteiger charge is 2.45. The molecule has 7 nitrogen and oxygen atoms in total. The van der Waals surface area contributed by atoms with Crippen LogP contribution in [0.1, 0.15) is 46.4 Å². The van der Waals surface area contributed by atoms with Crippen molar-refractivity contribution in [2.45, 2.75) is 25.8 Å². The maximum Gasteiger partial charge on any atom is 0.337 e. The van der Waals surface area contributed by atoms with Gasteiger partial charge in [0.1, 0.15) is 11.5 Å². The molecule has 0 saturated carbocycles. The average Bonchev–Trinajstić information content (AvgIpc) is 3.20. The second kappa shape index (κ2) is 11.6. The van der Waals surface area contributed by atoms with Crippen molar-refractivity contribution < 1.29 is 29.0 Å². The van der Waals surface area contributed by atoms with E-state index in [0.29, 0.717) is 35.5 Å². The lowest BCUT2D eigenvalue weighted by molar-refractivity contribution is -0.139. The van der Waals surface area contributed by atoms with Gasteiger partial charge in [-0.2, -0.15) is 0 Å². The van der Waals surface area contributed by atoms with E-state index in [1.165, 1.54) is 12.0 Å². The smallest absolute Gasteiger partial charge is 0.337 e. The first-order valence-corrected chi connectivity index (χ1v) is 12.2. The van der Waals surface area contributed by atoms with Gasteiger partial charge < -0.3 is 19.5 Å². The Morgan fingerprint density at radius 2 is 1.57 bits per heavy atom. The number of nitrogens with zero attached hydrogens (tertiary/aromatic N) is 1. The highest BCUT2D eigenvalue weighted by molar-refractivity contribution is 6.46. The zero-order valence-corrected chi connectivity index (χ0v) is 20.8. The predicted molar refractivity (Wildman–Crippen MR) is 139 cm³/mol. The van der Waals surface area contributed by atoms with Crippen LogP contribution < -0.4 is 4.74 Å². The van der Waals surface area contributed by atoms with E-state index < -0.39 is 23.7 Å². The number of carbonyl (C=O) groups excluding carboxylic acids is 3. The lowest BCUT2D eigenvalue weighted by Crippen LogP contribution is -2.31. The normalized spacial score (nSPS) is 16.6. The van der Waals surface area contributed by atoms with Gasteiger partial charge in [0.25, 0.3) is 11.7 Å². The van der Waals surface area contributed by atoms with Crippen LogP contribution in [0.4, 0.5) is 0 Å². The van der Waals surface area contributed by atoms with E-state index in [9.17, 15) is 19.5 Å². The monoisotopic (exact) mass is 499 g/mol. The van der Waals surface area contributed by atoms with E-state index in [2.05, 4.69) is 0 Å². The molecule has 190 valence electrons. The molecule has 1 aliphatic rings. The number of carbonyl (C=O) groups is 3. The molecule has 1 aliphatic heterocycles. The number of esters is 1. The first-order valence-electron chi connectivity index (χ1n) is 12.2. The molecule has 1 amide bonds. The Morgan fingerprint density at radius 1 is 0.919 bits per heavy atom. The van der Waals surface area contributed by atoms with Crippen LogP contribution in [0, 0.1) is 0 Å². The minimum atomic E-state index is -0.813. The Hall–Kier alpha value is -4.39. The molecule has 3 aromatic rings. The number of rotatable bonds is 9. The number of hydrogen-bond donors (Lipinski definition) is 1. The van der Waals surface area contributed by atoms with Crippen LogP contribution >= 0.6 is 0 Å². The van der Waals surface area contributed by atoms with Gasteiger partial charge in [0.2, 0.25) is 0 Å². The Labute approximate surface area is 215 Å². The van der Waals surface area contributed by atoms with Crippen LogP contribution in [0.2, 0.25) is 0 Å². The van der Waals surface area contributed by atoms with E-state index in [1.54, 1.807) is 48.5 Å². The summed E-state index contributed by atoms with van der Waals surface area (Å²) < 4.78 is 10.4. The number of amides is 1. The van der Waals surface area contributed by atoms with Gasteiger partial charge in [-0.25, -0.2) is 4.79 Å². The summed E-state index contributed by atoms with van der Waals surface area (Å²) in [4.78, 5) is 39.8. The molecule has 0 spiro atoms. The van der Waals surface area contributed by atoms with Crippen LogP contribution in [0.3, 0.4) is 0 Å². The van der Waals surface area contributed by atoms with Crippen molar-refractivity contribution in [3.8, 4) is 5.75 Å². The Bertz CT molecular complexity index is 1300. The summed E-state index contributed by atoms with van der Waals surface area (Å²) in [5.74, 6) is -1.53. The number of aliphatic hydroxyl groups excluding tert-OH is 1. The highest BCUT2D eigenvalue weighted by atomic mass is 16.5. The number of aliphatic hydroxyl groups is 1. The van der Waals surface area contributed by atoms with E-state index in [-0.39, 0.29) is 17.9 Å². The Balaban J connectivity index is 1.74. The first kappa shape index (κ1) is 25.7. The van der Waals surface area contributed by atoms with Gasteiger partial charge in [0.05, 0.1) is 30.9 Å². The average molecular weight is 500 g/mol. The molecule has 0 aromatic heterocycles. The molecule has 7 heteroatoms. The van der Waals surface area contributed by atoms with E-state index in [4.69, 9.17) is 9.47 Å². The van der Waals surface area contributed by atoms with E-state index >= 15 is 0 Å². The van der Waals surface area contributed by atoms with Gasteiger partial charge in [0, 0.05) is 12.1 Å². The SMILES string of the molecule is CCCOc1ccc(/C(O)=C2\C(=O)C(=O)N(CCc3ccccc3)C2c2ccc(C(=O)OC)cc2)cc1. The van der Waals surface area contributed by atoms with E-state index in [1.807, 2.05) is 37.3 Å². The summed E-state index contributed by atoms with van der Waals surface area (Å²) in [6.07, 6.45) is 1.40. The largest absolute Gasteiger partial charge is 0.507 e. The van der Waals surface area contributed by atoms with Crippen molar-refractivity contribution in [3.63, 3.8) is 0 Å². The van der Waals surface area contributed by atoms with E-state index in [0.717, 1.165) is 12.0 Å².